The normalized spacial score (nSPS) is 13.4. The summed E-state index contributed by atoms with van der Waals surface area (Å²) in [6, 6.07) is 0.417. The van der Waals surface area contributed by atoms with Crippen LogP contribution in [0.25, 0.3) is 0 Å². The number of methoxy groups -OCH3 is 1. The Hall–Kier alpha value is -0.160. The van der Waals surface area contributed by atoms with Crippen LogP contribution in [0.15, 0.2) is 0 Å². The molecule has 0 saturated carbocycles. The minimum absolute atomic E-state index is 0.417. The molecule has 1 atom stereocenters. The third kappa shape index (κ3) is 7.73. The zero-order chi connectivity index (χ0) is 11.5. The van der Waals surface area contributed by atoms with Gasteiger partial charge in [0.2, 0.25) is 0 Å². The number of nitrogens with zero attached hydrogens (tertiary/aromatic N) is 1. The highest BCUT2D eigenvalue weighted by Gasteiger charge is 2.08. The Labute approximate surface area is 94.1 Å². The van der Waals surface area contributed by atoms with Crippen molar-refractivity contribution in [3.05, 3.63) is 0 Å². The van der Waals surface area contributed by atoms with E-state index in [1.54, 1.807) is 7.11 Å². The van der Waals surface area contributed by atoms with E-state index in [1.165, 1.54) is 0 Å². The van der Waals surface area contributed by atoms with Crippen LogP contribution in [0.5, 0.6) is 0 Å². The Morgan fingerprint density at radius 2 is 1.93 bits per heavy atom. The minimum atomic E-state index is 0.417. The molecule has 4 nitrogen and oxygen atoms in total. The lowest BCUT2D eigenvalue weighted by Crippen LogP contribution is -2.38. The lowest BCUT2D eigenvalue weighted by molar-refractivity contribution is 0.186. The van der Waals surface area contributed by atoms with Crippen molar-refractivity contribution in [2.45, 2.75) is 39.2 Å². The summed E-state index contributed by atoms with van der Waals surface area (Å²) in [6.07, 6.45) is 3.27. The van der Waals surface area contributed by atoms with Crippen molar-refractivity contribution < 1.29 is 4.74 Å². The summed E-state index contributed by atoms with van der Waals surface area (Å²) in [5.41, 5.74) is 2.88. The van der Waals surface area contributed by atoms with Crippen molar-refractivity contribution >= 4 is 0 Å². The largest absolute Gasteiger partial charge is 0.385 e. The van der Waals surface area contributed by atoms with Gasteiger partial charge in [-0.2, -0.15) is 0 Å². The van der Waals surface area contributed by atoms with Gasteiger partial charge in [-0.1, -0.05) is 13.8 Å². The predicted molar refractivity (Wildman–Crippen MR) is 64.6 cm³/mol. The van der Waals surface area contributed by atoms with Crippen LogP contribution in [-0.2, 0) is 4.74 Å². The van der Waals surface area contributed by atoms with Gasteiger partial charge in [0.1, 0.15) is 0 Å². The van der Waals surface area contributed by atoms with Crippen LogP contribution in [-0.4, -0.2) is 44.3 Å². The Bertz CT molecular complexity index is 129. The van der Waals surface area contributed by atoms with Gasteiger partial charge in [-0.15, -0.1) is 0 Å². The zero-order valence-corrected chi connectivity index (χ0v) is 10.5. The fraction of sp³-hybridized carbons (Fsp3) is 1.00. The van der Waals surface area contributed by atoms with E-state index in [9.17, 15) is 0 Å². The van der Waals surface area contributed by atoms with Crippen LogP contribution in [0.3, 0.4) is 0 Å². The molecule has 0 rings (SSSR count). The number of hydrogen-bond donors (Lipinski definition) is 2. The molecule has 0 bridgehead atoms. The molecule has 0 aromatic rings. The van der Waals surface area contributed by atoms with E-state index in [0.717, 1.165) is 45.5 Å². The maximum Gasteiger partial charge on any atom is 0.0462 e. The third-order valence-electron chi connectivity index (χ3n) is 2.82. The molecule has 0 radical (unpaired) electrons. The van der Waals surface area contributed by atoms with E-state index in [0.29, 0.717) is 6.04 Å². The second-order valence-electron chi connectivity index (χ2n) is 3.81. The van der Waals surface area contributed by atoms with Gasteiger partial charge in [0.25, 0.3) is 0 Å². The van der Waals surface area contributed by atoms with Gasteiger partial charge in [0.05, 0.1) is 0 Å². The van der Waals surface area contributed by atoms with Crippen molar-refractivity contribution in [1.82, 2.24) is 10.3 Å². The van der Waals surface area contributed by atoms with Crippen molar-refractivity contribution in [3.8, 4) is 0 Å². The summed E-state index contributed by atoms with van der Waals surface area (Å²) in [4.78, 5) is 2.42. The molecule has 0 aliphatic heterocycles. The van der Waals surface area contributed by atoms with Crippen molar-refractivity contribution in [2.24, 2.45) is 5.84 Å². The van der Waals surface area contributed by atoms with E-state index < -0.39 is 0 Å². The van der Waals surface area contributed by atoms with E-state index in [2.05, 4.69) is 24.2 Å². The first-order valence-electron chi connectivity index (χ1n) is 5.95. The summed E-state index contributed by atoms with van der Waals surface area (Å²) in [5.74, 6) is 5.51. The molecule has 3 N–H and O–H groups in total. The summed E-state index contributed by atoms with van der Waals surface area (Å²) < 4.78 is 5.03. The molecular formula is C11H27N3O. The molecule has 0 spiro atoms. The molecule has 1 unspecified atom stereocenters. The molecule has 0 fully saturated rings. The first-order valence-corrected chi connectivity index (χ1v) is 5.95. The van der Waals surface area contributed by atoms with Gasteiger partial charge in [-0.25, -0.2) is 0 Å². The number of ether oxygens (including phenoxy) is 1. The van der Waals surface area contributed by atoms with Crippen molar-refractivity contribution in [2.75, 3.05) is 33.4 Å². The summed E-state index contributed by atoms with van der Waals surface area (Å²) in [6.45, 7) is 8.56. The number of nitrogens with one attached hydrogen (secondary N) is 1. The molecular weight excluding hydrogens is 190 g/mol. The Balaban J connectivity index is 3.59. The lowest BCUT2D eigenvalue weighted by atomic mass is 10.1. The van der Waals surface area contributed by atoms with Crippen LogP contribution in [0.4, 0.5) is 0 Å². The second kappa shape index (κ2) is 10.4. The van der Waals surface area contributed by atoms with E-state index in [1.807, 2.05) is 0 Å². The molecule has 0 amide bonds. The number of rotatable bonds is 10. The van der Waals surface area contributed by atoms with Gasteiger partial charge in [-0.3, -0.25) is 11.3 Å². The fourth-order valence-corrected chi connectivity index (χ4v) is 1.66. The fourth-order valence-electron chi connectivity index (χ4n) is 1.66. The van der Waals surface area contributed by atoms with Crippen LogP contribution >= 0.6 is 0 Å². The Kier molecular flexibility index (Phi) is 10.3. The van der Waals surface area contributed by atoms with Crippen molar-refractivity contribution in [1.29, 1.82) is 0 Å². The van der Waals surface area contributed by atoms with Gasteiger partial charge < -0.3 is 9.64 Å². The van der Waals surface area contributed by atoms with E-state index in [-0.39, 0.29) is 0 Å². The molecule has 15 heavy (non-hydrogen) atoms. The predicted octanol–water partition coefficient (Wildman–Crippen LogP) is 0.977. The quantitative estimate of drug-likeness (QED) is 0.325. The maximum atomic E-state index is 5.51. The second-order valence-corrected chi connectivity index (χ2v) is 3.81. The molecule has 0 heterocycles. The van der Waals surface area contributed by atoms with E-state index >= 15 is 0 Å². The first-order chi connectivity index (χ1) is 7.28. The van der Waals surface area contributed by atoms with Gasteiger partial charge in [-0.05, 0) is 38.9 Å². The third-order valence-corrected chi connectivity index (χ3v) is 2.82. The van der Waals surface area contributed by atoms with Crippen LogP contribution in [0, 0.1) is 0 Å². The van der Waals surface area contributed by atoms with Crippen molar-refractivity contribution in [3.63, 3.8) is 0 Å². The number of hydrazine groups is 1. The molecule has 0 aliphatic carbocycles. The number of nitrogens with two attached hydrogens (primary N) is 1. The topological polar surface area (TPSA) is 50.5 Å². The molecule has 0 saturated heterocycles. The van der Waals surface area contributed by atoms with E-state index in [4.69, 9.17) is 10.6 Å². The molecule has 0 aromatic carbocycles. The lowest BCUT2D eigenvalue weighted by Gasteiger charge is -2.22. The van der Waals surface area contributed by atoms with Crippen LogP contribution in [0.1, 0.15) is 33.1 Å². The minimum Gasteiger partial charge on any atom is -0.385 e. The molecule has 4 heteroatoms. The average molecular weight is 217 g/mol. The monoisotopic (exact) mass is 217 g/mol. The SMILES string of the molecule is CCN(CC)CCC(CCCOC)NN. The summed E-state index contributed by atoms with van der Waals surface area (Å²) in [5, 5.41) is 0. The smallest absolute Gasteiger partial charge is 0.0462 e. The average Bonchev–Trinajstić information content (AvgIpc) is 2.28. The molecule has 92 valence electrons. The standard InChI is InChI=1S/C11H27N3O/c1-4-14(5-2)9-8-11(13-12)7-6-10-15-3/h11,13H,4-10,12H2,1-3H3. The van der Waals surface area contributed by atoms with Gasteiger partial charge >= 0.3 is 0 Å². The van der Waals surface area contributed by atoms with Gasteiger partial charge in [0, 0.05) is 19.8 Å². The zero-order valence-electron chi connectivity index (χ0n) is 10.5. The highest BCUT2D eigenvalue weighted by molar-refractivity contribution is 4.66. The first kappa shape index (κ1) is 14.8. The Morgan fingerprint density at radius 3 is 2.40 bits per heavy atom. The summed E-state index contributed by atoms with van der Waals surface area (Å²) >= 11 is 0. The molecule has 0 aliphatic rings. The highest BCUT2D eigenvalue weighted by Crippen LogP contribution is 2.03. The van der Waals surface area contributed by atoms with Gasteiger partial charge in [0.15, 0.2) is 0 Å². The Morgan fingerprint density at radius 1 is 1.27 bits per heavy atom. The molecule has 0 aromatic heterocycles. The van der Waals surface area contributed by atoms with Crippen LogP contribution < -0.4 is 11.3 Å². The van der Waals surface area contributed by atoms with Crippen LogP contribution in [0.2, 0.25) is 0 Å². The number of hydrogen-bond acceptors (Lipinski definition) is 4. The highest BCUT2D eigenvalue weighted by atomic mass is 16.5. The maximum absolute atomic E-state index is 5.51. The summed E-state index contributed by atoms with van der Waals surface area (Å²) in [7, 11) is 1.74.